The van der Waals surface area contributed by atoms with Gasteiger partial charge >= 0.3 is 30.0 Å². The van der Waals surface area contributed by atoms with Crippen molar-refractivity contribution in [1.82, 2.24) is 0 Å². The molecule has 52 heavy (non-hydrogen) atoms. The Kier molecular flexibility index (Phi) is 14.1. The first-order chi connectivity index (χ1) is 24.6. The zero-order valence-corrected chi connectivity index (χ0v) is 28.5. The van der Waals surface area contributed by atoms with E-state index in [0.717, 1.165) is 23.6 Å². The van der Waals surface area contributed by atoms with Gasteiger partial charge in [0.2, 0.25) is 0 Å². The van der Waals surface area contributed by atoms with Gasteiger partial charge in [-0.15, -0.1) is 0 Å². The number of ether oxygens (including phenoxy) is 4. The average Bonchev–Trinajstić information content (AvgIpc) is 3.09. The van der Waals surface area contributed by atoms with Crippen LogP contribution >= 0.6 is 0 Å². The largest absolute Gasteiger partial charge is 0.493 e. The summed E-state index contributed by atoms with van der Waals surface area (Å²) in [4.78, 5) is 25.3. The molecule has 0 amide bonds. The van der Waals surface area contributed by atoms with Crippen molar-refractivity contribution in [2.75, 3.05) is 19.8 Å². The van der Waals surface area contributed by atoms with E-state index in [9.17, 15) is 44.7 Å². The highest BCUT2D eigenvalue weighted by Gasteiger charge is 2.73. The standard InChI is InChI=1S/C38H40F8O6/c1-25(22-26-8-4-2-5-9-26)51-34(47)29-12-10-27(11-13-29)28-14-16-30(17-15-28)52-35(48)32-19-18-31(23-33(32)39)50-21-7-3-6-20-49-24-36(40,41)37(42,43)38(44,45)46/h10-19,23,25-26H,2-9,20-22,24H2,1H3/t25-/m0/s1. The van der Waals surface area contributed by atoms with Gasteiger partial charge in [-0.25, -0.2) is 14.0 Å². The second kappa shape index (κ2) is 18.0. The predicted molar refractivity (Wildman–Crippen MR) is 175 cm³/mol. The number of halogens is 8. The summed E-state index contributed by atoms with van der Waals surface area (Å²) in [6.45, 7) is -0.617. The van der Waals surface area contributed by atoms with E-state index in [4.69, 9.17) is 14.2 Å². The van der Waals surface area contributed by atoms with Crippen molar-refractivity contribution < 1.29 is 63.7 Å². The van der Waals surface area contributed by atoms with Gasteiger partial charge in [0.25, 0.3) is 0 Å². The van der Waals surface area contributed by atoms with Crippen LogP contribution < -0.4 is 9.47 Å². The quantitative estimate of drug-likeness (QED) is 0.0593. The first-order valence-electron chi connectivity index (χ1n) is 17.0. The van der Waals surface area contributed by atoms with Gasteiger partial charge in [-0.05, 0) is 86.1 Å². The number of benzene rings is 3. The Bertz CT molecular complexity index is 1600. The third kappa shape index (κ3) is 11.1. The van der Waals surface area contributed by atoms with E-state index in [-0.39, 0.29) is 48.6 Å². The molecule has 1 saturated carbocycles. The lowest BCUT2D eigenvalue weighted by atomic mass is 9.86. The molecule has 0 bridgehead atoms. The van der Waals surface area contributed by atoms with Crippen LogP contribution in [0.1, 0.15) is 85.4 Å². The summed E-state index contributed by atoms with van der Waals surface area (Å²) in [5, 5.41) is 0. The lowest BCUT2D eigenvalue weighted by Gasteiger charge is -2.27. The Morgan fingerprint density at radius 3 is 1.96 bits per heavy atom. The summed E-state index contributed by atoms with van der Waals surface area (Å²) in [5.74, 6) is -13.0. The summed E-state index contributed by atoms with van der Waals surface area (Å²) < 4.78 is 124. The molecular weight excluding hydrogens is 704 g/mol. The zero-order valence-electron chi connectivity index (χ0n) is 28.5. The summed E-state index contributed by atoms with van der Waals surface area (Å²) >= 11 is 0. The van der Waals surface area contributed by atoms with Gasteiger partial charge in [0, 0.05) is 12.7 Å². The lowest BCUT2D eigenvalue weighted by Crippen LogP contribution is -2.54. The molecule has 6 nitrogen and oxygen atoms in total. The Morgan fingerprint density at radius 1 is 0.750 bits per heavy atom. The van der Waals surface area contributed by atoms with E-state index >= 15 is 0 Å². The van der Waals surface area contributed by atoms with Crippen molar-refractivity contribution in [2.24, 2.45) is 5.92 Å². The van der Waals surface area contributed by atoms with Crippen LogP contribution in [0.2, 0.25) is 0 Å². The maximum atomic E-state index is 14.7. The molecule has 0 N–H and O–H groups in total. The topological polar surface area (TPSA) is 71.1 Å². The van der Waals surface area contributed by atoms with Crippen LogP contribution in [0.4, 0.5) is 35.1 Å². The molecule has 1 fully saturated rings. The number of hydrogen-bond donors (Lipinski definition) is 0. The fourth-order valence-corrected chi connectivity index (χ4v) is 5.79. The minimum atomic E-state index is -6.41. The third-order valence-electron chi connectivity index (χ3n) is 8.68. The number of carbonyl (C=O) groups excluding carboxylic acids is 2. The van der Waals surface area contributed by atoms with Gasteiger partial charge in [0.15, 0.2) is 0 Å². The molecule has 3 aromatic carbocycles. The molecule has 0 unspecified atom stereocenters. The molecule has 3 aromatic rings. The third-order valence-corrected chi connectivity index (χ3v) is 8.68. The minimum absolute atomic E-state index is 0.0320. The van der Waals surface area contributed by atoms with Crippen LogP contribution in [0, 0.1) is 11.7 Å². The zero-order chi connectivity index (χ0) is 37.9. The van der Waals surface area contributed by atoms with E-state index in [1.54, 1.807) is 48.5 Å². The number of unbranched alkanes of at least 4 members (excludes halogenated alkanes) is 2. The van der Waals surface area contributed by atoms with E-state index in [0.29, 0.717) is 17.9 Å². The van der Waals surface area contributed by atoms with Crippen molar-refractivity contribution in [3.8, 4) is 22.6 Å². The second-order valence-electron chi connectivity index (χ2n) is 12.8. The van der Waals surface area contributed by atoms with Crippen molar-refractivity contribution in [2.45, 2.75) is 88.8 Å². The SMILES string of the molecule is C[C@@H](CC1CCCCC1)OC(=O)c1ccc(-c2ccc(OC(=O)c3ccc(OCCCCCOCC(F)(F)C(F)(F)C(F)(F)F)cc3F)cc2)cc1. The summed E-state index contributed by atoms with van der Waals surface area (Å²) in [7, 11) is 0. The van der Waals surface area contributed by atoms with Gasteiger partial charge in [0.1, 0.15) is 23.9 Å². The smallest absolute Gasteiger partial charge is 0.459 e. The van der Waals surface area contributed by atoms with Crippen LogP contribution in [-0.2, 0) is 9.47 Å². The highest BCUT2D eigenvalue weighted by atomic mass is 19.4. The van der Waals surface area contributed by atoms with Crippen LogP contribution in [0.5, 0.6) is 11.5 Å². The summed E-state index contributed by atoms with van der Waals surface area (Å²) in [6, 6.07) is 17.0. The predicted octanol–water partition coefficient (Wildman–Crippen LogP) is 10.6. The molecule has 0 aromatic heterocycles. The molecule has 0 aliphatic heterocycles. The maximum absolute atomic E-state index is 14.7. The van der Waals surface area contributed by atoms with Crippen molar-refractivity contribution >= 4 is 11.9 Å². The molecule has 0 saturated heterocycles. The fraction of sp³-hybridized carbons (Fsp3) is 0.474. The first kappa shape index (κ1) is 40.6. The van der Waals surface area contributed by atoms with Gasteiger partial charge in [-0.1, -0.05) is 56.4 Å². The highest BCUT2D eigenvalue weighted by Crippen LogP contribution is 2.46. The molecule has 4 rings (SSSR count). The molecular formula is C38H40F8O6. The highest BCUT2D eigenvalue weighted by molar-refractivity contribution is 5.92. The number of rotatable bonds is 17. The van der Waals surface area contributed by atoms with Gasteiger partial charge in [-0.3, -0.25) is 0 Å². The molecule has 0 spiro atoms. The number of carbonyl (C=O) groups is 2. The molecule has 284 valence electrons. The van der Waals surface area contributed by atoms with Crippen LogP contribution in [0.3, 0.4) is 0 Å². The Balaban J connectivity index is 1.17. The minimum Gasteiger partial charge on any atom is -0.493 e. The molecule has 0 heterocycles. The normalized spacial score (nSPS) is 14.9. The molecule has 1 atom stereocenters. The number of alkyl halides is 7. The van der Waals surface area contributed by atoms with Crippen molar-refractivity contribution in [3.05, 3.63) is 83.7 Å². The number of hydrogen-bond acceptors (Lipinski definition) is 6. The Hall–Kier alpha value is -4.20. The van der Waals surface area contributed by atoms with E-state index in [1.165, 1.54) is 44.2 Å². The van der Waals surface area contributed by atoms with Crippen molar-refractivity contribution in [3.63, 3.8) is 0 Å². The summed E-state index contributed by atoms with van der Waals surface area (Å²) in [5.41, 5.74) is 1.70. The molecule has 14 heteroatoms. The number of esters is 2. The first-order valence-corrected chi connectivity index (χ1v) is 17.0. The van der Waals surface area contributed by atoms with E-state index < -0.39 is 43.0 Å². The molecule has 1 aliphatic carbocycles. The van der Waals surface area contributed by atoms with Crippen LogP contribution in [-0.4, -0.2) is 55.9 Å². The maximum Gasteiger partial charge on any atom is 0.459 e. The van der Waals surface area contributed by atoms with Crippen molar-refractivity contribution in [1.29, 1.82) is 0 Å². The second-order valence-corrected chi connectivity index (χ2v) is 12.8. The molecule has 0 radical (unpaired) electrons. The van der Waals surface area contributed by atoms with Gasteiger partial charge < -0.3 is 18.9 Å². The molecule has 1 aliphatic rings. The van der Waals surface area contributed by atoms with Gasteiger partial charge in [0.05, 0.1) is 23.8 Å². The van der Waals surface area contributed by atoms with E-state index in [1.807, 2.05) is 6.92 Å². The lowest BCUT2D eigenvalue weighted by molar-refractivity contribution is -0.361. The Labute approximate surface area is 296 Å². The van der Waals surface area contributed by atoms with Gasteiger partial charge in [-0.2, -0.15) is 30.7 Å². The summed E-state index contributed by atoms with van der Waals surface area (Å²) in [6.07, 6.45) is 1.05. The fourth-order valence-electron chi connectivity index (χ4n) is 5.79. The van der Waals surface area contributed by atoms with Crippen LogP contribution in [0.25, 0.3) is 11.1 Å². The monoisotopic (exact) mass is 744 g/mol. The van der Waals surface area contributed by atoms with E-state index in [2.05, 4.69) is 4.74 Å². The average molecular weight is 745 g/mol. The Morgan fingerprint density at radius 2 is 1.35 bits per heavy atom. The van der Waals surface area contributed by atoms with Crippen LogP contribution in [0.15, 0.2) is 66.7 Å².